The van der Waals surface area contributed by atoms with E-state index < -0.39 is 16.8 Å². The van der Waals surface area contributed by atoms with Gasteiger partial charge in [-0.2, -0.15) is 0 Å². The van der Waals surface area contributed by atoms with Gasteiger partial charge in [-0.15, -0.1) is 0 Å². The van der Waals surface area contributed by atoms with Crippen LogP contribution in [0.15, 0.2) is 42.5 Å². The minimum absolute atomic E-state index is 0.00875. The van der Waals surface area contributed by atoms with E-state index in [4.69, 9.17) is 16.3 Å². The summed E-state index contributed by atoms with van der Waals surface area (Å²) in [5.74, 6) is -0.898. The molecule has 102 valence electrons. The van der Waals surface area contributed by atoms with Gasteiger partial charge >= 0.3 is 0 Å². The predicted octanol–water partition coefficient (Wildman–Crippen LogP) is 3.44. The minimum Gasteiger partial charge on any atom is -0.497 e. The van der Waals surface area contributed by atoms with E-state index >= 15 is 0 Å². The smallest absolute Gasteiger partial charge is 0.253 e. The molecule has 20 heavy (non-hydrogen) atoms. The second kappa shape index (κ2) is 5.84. The van der Waals surface area contributed by atoms with E-state index in [1.54, 1.807) is 6.07 Å². The second-order valence-corrected chi connectivity index (χ2v) is 4.34. The summed E-state index contributed by atoms with van der Waals surface area (Å²) >= 11 is 5.45. The Morgan fingerprint density at radius 1 is 1.05 bits per heavy atom. The van der Waals surface area contributed by atoms with Crippen LogP contribution in [0.1, 0.15) is 26.3 Å². The van der Waals surface area contributed by atoms with Crippen LogP contribution < -0.4 is 4.74 Å². The van der Waals surface area contributed by atoms with Gasteiger partial charge in [0, 0.05) is 11.1 Å². The minimum atomic E-state index is -0.785. The predicted molar refractivity (Wildman–Crippen MR) is 73.0 cm³/mol. The molecule has 3 nitrogen and oxygen atoms in total. The molecule has 0 bridgehead atoms. The van der Waals surface area contributed by atoms with E-state index in [1.165, 1.54) is 43.5 Å². The van der Waals surface area contributed by atoms with Crippen molar-refractivity contribution in [2.24, 2.45) is 0 Å². The first-order chi connectivity index (χ1) is 9.54. The van der Waals surface area contributed by atoms with Crippen LogP contribution >= 0.6 is 11.6 Å². The Labute approximate surface area is 119 Å². The lowest BCUT2D eigenvalue weighted by Crippen LogP contribution is -2.09. The molecule has 0 aliphatic carbocycles. The maximum Gasteiger partial charge on any atom is 0.253 e. The number of rotatable bonds is 4. The third kappa shape index (κ3) is 2.70. The summed E-state index contributed by atoms with van der Waals surface area (Å²) in [4.78, 5) is 23.7. The third-order valence-corrected chi connectivity index (χ3v) is 3.01. The SMILES string of the molecule is COc1ccc(C(=O)Cl)c(C(=O)c2ccccc2F)c1. The second-order valence-electron chi connectivity index (χ2n) is 3.99. The van der Waals surface area contributed by atoms with Crippen molar-refractivity contribution in [3.05, 3.63) is 65.0 Å². The van der Waals surface area contributed by atoms with Crippen LogP contribution in [0.25, 0.3) is 0 Å². The Hall–Kier alpha value is -2.20. The molecule has 0 N–H and O–H groups in total. The molecule has 0 aliphatic rings. The fourth-order valence-corrected chi connectivity index (χ4v) is 1.96. The van der Waals surface area contributed by atoms with Crippen LogP contribution in [0, 0.1) is 5.82 Å². The van der Waals surface area contributed by atoms with Crippen molar-refractivity contribution in [3.63, 3.8) is 0 Å². The van der Waals surface area contributed by atoms with Gasteiger partial charge in [-0.1, -0.05) is 12.1 Å². The van der Waals surface area contributed by atoms with E-state index in [1.807, 2.05) is 0 Å². The topological polar surface area (TPSA) is 43.4 Å². The summed E-state index contributed by atoms with van der Waals surface area (Å²) in [6.07, 6.45) is 0. The van der Waals surface area contributed by atoms with Crippen LogP contribution in [-0.2, 0) is 0 Å². The van der Waals surface area contributed by atoms with E-state index in [0.717, 1.165) is 0 Å². The molecule has 0 aliphatic heterocycles. The quantitative estimate of drug-likeness (QED) is 0.640. The highest BCUT2D eigenvalue weighted by molar-refractivity contribution is 6.68. The Morgan fingerprint density at radius 3 is 2.35 bits per heavy atom. The molecular weight excluding hydrogens is 283 g/mol. The fourth-order valence-electron chi connectivity index (χ4n) is 1.80. The number of halogens is 2. The highest BCUT2D eigenvalue weighted by Gasteiger charge is 2.20. The molecule has 0 spiro atoms. The van der Waals surface area contributed by atoms with Crippen molar-refractivity contribution >= 4 is 22.6 Å². The van der Waals surface area contributed by atoms with Crippen molar-refractivity contribution in [1.82, 2.24) is 0 Å². The zero-order chi connectivity index (χ0) is 14.7. The maximum atomic E-state index is 13.7. The number of methoxy groups -OCH3 is 1. The zero-order valence-corrected chi connectivity index (χ0v) is 11.3. The van der Waals surface area contributed by atoms with Gasteiger partial charge in [0.05, 0.1) is 12.7 Å². The Morgan fingerprint density at radius 2 is 1.75 bits per heavy atom. The van der Waals surface area contributed by atoms with Gasteiger partial charge in [-0.05, 0) is 41.9 Å². The lowest BCUT2D eigenvalue weighted by molar-refractivity contribution is 0.101. The molecule has 0 heterocycles. The number of hydrogen-bond donors (Lipinski definition) is 0. The lowest BCUT2D eigenvalue weighted by atomic mass is 9.98. The summed E-state index contributed by atoms with van der Waals surface area (Å²) in [6.45, 7) is 0. The summed E-state index contributed by atoms with van der Waals surface area (Å²) in [5, 5.41) is -0.785. The monoisotopic (exact) mass is 292 g/mol. The highest BCUT2D eigenvalue weighted by atomic mass is 35.5. The molecule has 0 saturated carbocycles. The summed E-state index contributed by atoms with van der Waals surface area (Å²) in [5.41, 5.74) is -0.102. The molecule has 0 fully saturated rings. The summed E-state index contributed by atoms with van der Waals surface area (Å²) < 4.78 is 18.7. The normalized spacial score (nSPS) is 10.2. The standard InChI is InChI=1S/C15H10ClFO3/c1-20-9-6-7-10(15(16)19)12(8-9)14(18)11-4-2-3-5-13(11)17/h2-8H,1H3. The molecular formula is C15H10ClFO3. The average Bonchev–Trinajstić information content (AvgIpc) is 2.46. The maximum absolute atomic E-state index is 13.7. The van der Waals surface area contributed by atoms with E-state index in [-0.39, 0.29) is 16.7 Å². The van der Waals surface area contributed by atoms with Crippen molar-refractivity contribution < 1.29 is 18.7 Å². The molecule has 5 heteroatoms. The van der Waals surface area contributed by atoms with Crippen LogP contribution in [0.5, 0.6) is 5.75 Å². The molecule has 0 atom stereocenters. The Balaban J connectivity index is 2.59. The van der Waals surface area contributed by atoms with Gasteiger partial charge < -0.3 is 4.74 Å². The van der Waals surface area contributed by atoms with Gasteiger partial charge in [0.15, 0.2) is 5.78 Å². The van der Waals surface area contributed by atoms with Crippen molar-refractivity contribution in [2.45, 2.75) is 0 Å². The van der Waals surface area contributed by atoms with E-state index in [9.17, 15) is 14.0 Å². The van der Waals surface area contributed by atoms with Crippen LogP contribution in [0.4, 0.5) is 4.39 Å². The van der Waals surface area contributed by atoms with E-state index in [2.05, 4.69) is 0 Å². The van der Waals surface area contributed by atoms with E-state index in [0.29, 0.717) is 5.75 Å². The first-order valence-corrected chi connectivity index (χ1v) is 6.09. The Bertz CT molecular complexity index is 683. The van der Waals surface area contributed by atoms with Gasteiger partial charge in [-0.25, -0.2) is 4.39 Å². The largest absolute Gasteiger partial charge is 0.497 e. The Kier molecular flexibility index (Phi) is 4.15. The summed E-state index contributed by atoms with van der Waals surface area (Å²) in [7, 11) is 1.43. The first-order valence-electron chi connectivity index (χ1n) is 5.71. The molecule has 2 aromatic carbocycles. The number of benzene rings is 2. The molecule has 0 unspecified atom stereocenters. The average molecular weight is 293 g/mol. The van der Waals surface area contributed by atoms with Crippen molar-refractivity contribution in [1.29, 1.82) is 0 Å². The number of ketones is 1. The van der Waals surface area contributed by atoms with Gasteiger partial charge in [0.25, 0.3) is 5.24 Å². The zero-order valence-electron chi connectivity index (χ0n) is 10.5. The van der Waals surface area contributed by atoms with Gasteiger partial charge in [0.1, 0.15) is 11.6 Å². The number of carbonyl (C=O) groups excluding carboxylic acids is 2. The third-order valence-electron chi connectivity index (χ3n) is 2.80. The van der Waals surface area contributed by atoms with Gasteiger partial charge in [-0.3, -0.25) is 9.59 Å². The molecule has 0 saturated heterocycles. The van der Waals surface area contributed by atoms with Crippen LogP contribution in [0.3, 0.4) is 0 Å². The fraction of sp³-hybridized carbons (Fsp3) is 0.0667. The molecule has 0 radical (unpaired) electrons. The van der Waals surface area contributed by atoms with Gasteiger partial charge in [0.2, 0.25) is 0 Å². The van der Waals surface area contributed by atoms with Crippen molar-refractivity contribution in [2.75, 3.05) is 7.11 Å². The number of hydrogen-bond acceptors (Lipinski definition) is 3. The molecule has 0 aromatic heterocycles. The van der Waals surface area contributed by atoms with Crippen LogP contribution in [0.2, 0.25) is 0 Å². The molecule has 2 aromatic rings. The summed E-state index contributed by atoms with van der Waals surface area (Å²) in [6, 6.07) is 9.79. The number of ether oxygens (including phenoxy) is 1. The van der Waals surface area contributed by atoms with Crippen molar-refractivity contribution in [3.8, 4) is 5.75 Å². The lowest BCUT2D eigenvalue weighted by Gasteiger charge is -2.08. The highest BCUT2D eigenvalue weighted by Crippen LogP contribution is 2.23. The first kappa shape index (κ1) is 14.2. The molecule has 2 rings (SSSR count). The molecule has 0 amide bonds. The number of carbonyl (C=O) groups is 2. The van der Waals surface area contributed by atoms with Crippen LogP contribution in [-0.4, -0.2) is 18.1 Å².